The standard InChI is InChI=1S/C18H25NO5/c1-4-18(5-2,17(22)23)13(11-16(20)21)12-19-14-7-9-15(10-8-14)24-6-3/h7-10,12,19H,4-6,11H2,1-3H3,(H,20,21)(H,22,23). The molecule has 3 N–H and O–H groups in total. The molecule has 6 heteroatoms. The highest BCUT2D eigenvalue weighted by Crippen LogP contribution is 2.37. The average Bonchev–Trinajstić information content (AvgIpc) is 2.55. The normalized spacial score (nSPS) is 11.9. The van der Waals surface area contributed by atoms with Gasteiger partial charge in [0.25, 0.3) is 0 Å². The zero-order valence-corrected chi connectivity index (χ0v) is 14.3. The molecule has 0 spiro atoms. The molecule has 0 aliphatic heterocycles. The highest BCUT2D eigenvalue weighted by molar-refractivity contribution is 5.82. The van der Waals surface area contributed by atoms with Crippen molar-refractivity contribution in [2.75, 3.05) is 11.9 Å². The van der Waals surface area contributed by atoms with Crippen molar-refractivity contribution in [3.8, 4) is 5.75 Å². The van der Waals surface area contributed by atoms with Crippen LogP contribution in [0.25, 0.3) is 0 Å². The lowest BCUT2D eigenvalue weighted by Crippen LogP contribution is -2.33. The molecule has 6 nitrogen and oxygen atoms in total. The average molecular weight is 335 g/mol. The lowest BCUT2D eigenvalue weighted by molar-refractivity contribution is -0.147. The van der Waals surface area contributed by atoms with Crippen LogP contribution in [0.1, 0.15) is 40.0 Å². The van der Waals surface area contributed by atoms with Crippen molar-refractivity contribution in [3.63, 3.8) is 0 Å². The quantitative estimate of drug-likeness (QED) is 0.603. The van der Waals surface area contributed by atoms with Crippen molar-refractivity contribution in [2.45, 2.75) is 40.0 Å². The van der Waals surface area contributed by atoms with Crippen LogP contribution in [-0.2, 0) is 9.59 Å². The predicted molar refractivity (Wildman–Crippen MR) is 92.2 cm³/mol. The van der Waals surface area contributed by atoms with Gasteiger partial charge in [0.05, 0.1) is 18.4 Å². The van der Waals surface area contributed by atoms with Gasteiger partial charge in [0.1, 0.15) is 5.75 Å². The maximum Gasteiger partial charge on any atom is 0.313 e. The molecule has 1 aromatic carbocycles. The Kier molecular flexibility index (Phi) is 7.30. The first-order chi connectivity index (χ1) is 11.4. The molecule has 0 heterocycles. The molecule has 0 atom stereocenters. The fourth-order valence-electron chi connectivity index (χ4n) is 2.65. The number of ether oxygens (including phenoxy) is 1. The highest BCUT2D eigenvalue weighted by Gasteiger charge is 2.39. The predicted octanol–water partition coefficient (Wildman–Crippen LogP) is 3.75. The molecule has 24 heavy (non-hydrogen) atoms. The second-order valence-corrected chi connectivity index (χ2v) is 5.44. The highest BCUT2D eigenvalue weighted by atomic mass is 16.5. The number of nitrogens with one attached hydrogen (secondary N) is 1. The second-order valence-electron chi connectivity index (χ2n) is 5.44. The molecule has 0 aliphatic carbocycles. The van der Waals surface area contributed by atoms with Crippen molar-refractivity contribution in [3.05, 3.63) is 36.0 Å². The maximum atomic E-state index is 11.8. The molecule has 1 aromatic rings. The Morgan fingerprint density at radius 1 is 1.12 bits per heavy atom. The summed E-state index contributed by atoms with van der Waals surface area (Å²) >= 11 is 0. The molecule has 0 saturated heterocycles. The van der Waals surface area contributed by atoms with E-state index in [2.05, 4.69) is 5.32 Å². The van der Waals surface area contributed by atoms with Gasteiger partial charge >= 0.3 is 11.9 Å². The summed E-state index contributed by atoms with van der Waals surface area (Å²) in [7, 11) is 0. The van der Waals surface area contributed by atoms with Gasteiger partial charge in [-0.25, -0.2) is 0 Å². The Hall–Kier alpha value is -2.50. The summed E-state index contributed by atoms with van der Waals surface area (Å²) < 4.78 is 5.36. The van der Waals surface area contributed by atoms with E-state index in [1.807, 2.05) is 6.92 Å². The van der Waals surface area contributed by atoms with Crippen LogP contribution in [0.4, 0.5) is 5.69 Å². The first-order valence-electron chi connectivity index (χ1n) is 8.03. The molecule has 132 valence electrons. The molecule has 0 radical (unpaired) electrons. The summed E-state index contributed by atoms with van der Waals surface area (Å²) in [6.07, 6.45) is 1.83. The third-order valence-electron chi connectivity index (χ3n) is 4.15. The zero-order chi connectivity index (χ0) is 18.2. The molecule has 0 aliphatic rings. The Balaban J connectivity index is 3.08. The van der Waals surface area contributed by atoms with E-state index in [-0.39, 0.29) is 6.42 Å². The number of carbonyl (C=O) groups is 2. The fraction of sp³-hybridized carbons (Fsp3) is 0.444. The Bertz CT molecular complexity index is 588. The van der Waals surface area contributed by atoms with Gasteiger partial charge in [-0.1, -0.05) is 13.8 Å². The number of anilines is 1. The lowest BCUT2D eigenvalue weighted by atomic mass is 9.74. The molecule has 0 amide bonds. The van der Waals surface area contributed by atoms with Crippen LogP contribution >= 0.6 is 0 Å². The smallest absolute Gasteiger partial charge is 0.313 e. The molecule has 1 rings (SSSR count). The summed E-state index contributed by atoms with van der Waals surface area (Å²) in [5.74, 6) is -1.32. The topological polar surface area (TPSA) is 95.9 Å². The van der Waals surface area contributed by atoms with Crippen LogP contribution in [0.3, 0.4) is 0 Å². The summed E-state index contributed by atoms with van der Waals surface area (Å²) in [6.45, 7) is 5.98. The van der Waals surface area contributed by atoms with Gasteiger partial charge in [-0.3, -0.25) is 9.59 Å². The monoisotopic (exact) mass is 335 g/mol. The van der Waals surface area contributed by atoms with Crippen molar-refractivity contribution in [1.82, 2.24) is 0 Å². The van der Waals surface area contributed by atoms with E-state index in [0.29, 0.717) is 25.0 Å². The lowest BCUT2D eigenvalue weighted by Gasteiger charge is -2.29. The minimum atomic E-state index is -1.18. The number of rotatable bonds is 10. The van der Waals surface area contributed by atoms with Gasteiger partial charge in [-0.2, -0.15) is 0 Å². The minimum Gasteiger partial charge on any atom is -0.494 e. The summed E-state index contributed by atoms with van der Waals surface area (Å²) in [6, 6.07) is 7.17. The van der Waals surface area contributed by atoms with Crippen molar-refractivity contribution < 1.29 is 24.5 Å². The number of aliphatic carboxylic acids is 2. The van der Waals surface area contributed by atoms with Gasteiger partial charge in [0.2, 0.25) is 0 Å². The van der Waals surface area contributed by atoms with E-state index >= 15 is 0 Å². The molecule has 0 saturated carbocycles. The van der Waals surface area contributed by atoms with E-state index in [9.17, 15) is 14.7 Å². The number of hydrogen-bond acceptors (Lipinski definition) is 4. The van der Waals surface area contributed by atoms with Crippen LogP contribution in [0.2, 0.25) is 0 Å². The van der Waals surface area contributed by atoms with Crippen LogP contribution in [0.15, 0.2) is 36.0 Å². The Labute approximate surface area is 142 Å². The van der Waals surface area contributed by atoms with Gasteiger partial charge in [0, 0.05) is 11.9 Å². The van der Waals surface area contributed by atoms with E-state index < -0.39 is 17.4 Å². The van der Waals surface area contributed by atoms with E-state index in [4.69, 9.17) is 9.84 Å². The molecule has 0 aromatic heterocycles. The summed E-state index contributed by atoms with van der Waals surface area (Å²) in [5.41, 5.74) is -0.106. The molecular weight excluding hydrogens is 310 g/mol. The van der Waals surface area contributed by atoms with Gasteiger partial charge in [-0.05, 0) is 49.6 Å². The molecule has 0 bridgehead atoms. The van der Waals surface area contributed by atoms with E-state index in [1.165, 1.54) is 6.20 Å². The SMILES string of the molecule is CCOc1ccc(NC=C(CC(=O)O)C(CC)(CC)C(=O)O)cc1. The number of benzene rings is 1. The van der Waals surface area contributed by atoms with Crippen LogP contribution in [0, 0.1) is 5.41 Å². The van der Waals surface area contributed by atoms with Crippen molar-refractivity contribution in [1.29, 1.82) is 0 Å². The number of hydrogen-bond donors (Lipinski definition) is 3. The maximum absolute atomic E-state index is 11.8. The van der Waals surface area contributed by atoms with Crippen molar-refractivity contribution in [2.24, 2.45) is 5.41 Å². The van der Waals surface area contributed by atoms with Gasteiger partial charge in [0.15, 0.2) is 0 Å². The largest absolute Gasteiger partial charge is 0.494 e. The van der Waals surface area contributed by atoms with Crippen molar-refractivity contribution >= 4 is 17.6 Å². The number of carboxylic acids is 2. The van der Waals surface area contributed by atoms with E-state index in [0.717, 1.165) is 11.4 Å². The molecule has 0 unspecified atom stereocenters. The van der Waals surface area contributed by atoms with Gasteiger partial charge < -0.3 is 20.3 Å². The summed E-state index contributed by atoms with van der Waals surface area (Å²) in [5, 5.41) is 21.8. The first kappa shape index (κ1) is 19.5. The summed E-state index contributed by atoms with van der Waals surface area (Å²) in [4.78, 5) is 22.9. The fourth-order valence-corrected chi connectivity index (χ4v) is 2.65. The Morgan fingerprint density at radius 3 is 2.12 bits per heavy atom. The second kappa shape index (κ2) is 8.96. The van der Waals surface area contributed by atoms with Crippen LogP contribution in [-0.4, -0.2) is 28.8 Å². The van der Waals surface area contributed by atoms with Crippen LogP contribution < -0.4 is 10.1 Å². The van der Waals surface area contributed by atoms with Crippen LogP contribution in [0.5, 0.6) is 5.75 Å². The van der Waals surface area contributed by atoms with Gasteiger partial charge in [-0.15, -0.1) is 0 Å². The third-order valence-corrected chi connectivity index (χ3v) is 4.15. The molecular formula is C18H25NO5. The van der Waals surface area contributed by atoms with E-state index in [1.54, 1.807) is 38.1 Å². The molecule has 0 fully saturated rings. The zero-order valence-electron chi connectivity index (χ0n) is 14.3. The Morgan fingerprint density at radius 2 is 1.71 bits per heavy atom. The first-order valence-corrected chi connectivity index (χ1v) is 8.03. The number of carboxylic acid groups (broad SMARTS) is 2. The third kappa shape index (κ3) is 4.75. The minimum absolute atomic E-state index is 0.321.